The summed E-state index contributed by atoms with van der Waals surface area (Å²) in [5.74, 6) is 0.800. The standard InChI is InChI=1S/C12H24N2O/c1-13-8-10-4-2-3-5-12(10)14-7-6-11(15)9-14/h10-13,15H,2-9H2,1H3. The number of rotatable bonds is 3. The summed E-state index contributed by atoms with van der Waals surface area (Å²) in [4.78, 5) is 2.52. The fraction of sp³-hybridized carbons (Fsp3) is 1.00. The molecule has 0 spiro atoms. The first-order valence-corrected chi connectivity index (χ1v) is 6.38. The molecule has 1 saturated heterocycles. The third kappa shape index (κ3) is 2.71. The molecular formula is C12H24N2O. The lowest BCUT2D eigenvalue weighted by Crippen LogP contribution is -2.44. The van der Waals surface area contributed by atoms with Crippen LogP contribution in [0, 0.1) is 5.92 Å². The Bertz CT molecular complexity index is 191. The van der Waals surface area contributed by atoms with Crippen LogP contribution in [-0.2, 0) is 0 Å². The minimum absolute atomic E-state index is 0.0674. The van der Waals surface area contributed by atoms with Gasteiger partial charge in [0.05, 0.1) is 6.10 Å². The molecule has 0 aromatic carbocycles. The van der Waals surface area contributed by atoms with Crippen LogP contribution >= 0.6 is 0 Å². The zero-order valence-corrected chi connectivity index (χ0v) is 9.78. The van der Waals surface area contributed by atoms with Gasteiger partial charge in [-0.1, -0.05) is 12.8 Å². The molecule has 2 fully saturated rings. The molecule has 2 rings (SSSR count). The summed E-state index contributed by atoms with van der Waals surface area (Å²) in [6.45, 7) is 3.15. The molecular weight excluding hydrogens is 188 g/mol. The predicted molar refractivity (Wildman–Crippen MR) is 61.9 cm³/mol. The van der Waals surface area contributed by atoms with Crippen molar-refractivity contribution < 1.29 is 5.11 Å². The lowest BCUT2D eigenvalue weighted by molar-refractivity contribution is 0.105. The molecule has 0 bridgehead atoms. The molecule has 1 aliphatic carbocycles. The summed E-state index contributed by atoms with van der Waals surface area (Å²) in [5.41, 5.74) is 0. The van der Waals surface area contributed by atoms with E-state index in [0.717, 1.165) is 38.0 Å². The van der Waals surface area contributed by atoms with Gasteiger partial charge in [-0.05, 0) is 38.8 Å². The molecule has 15 heavy (non-hydrogen) atoms. The van der Waals surface area contributed by atoms with E-state index in [2.05, 4.69) is 10.2 Å². The lowest BCUT2D eigenvalue weighted by atomic mass is 9.83. The van der Waals surface area contributed by atoms with Gasteiger partial charge in [0.1, 0.15) is 0 Å². The van der Waals surface area contributed by atoms with Crippen LogP contribution in [0.2, 0.25) is 0 Å². The third-order valence-corrected chi connectivity index (χ3v) is 4.00. The van der Waals surface area contributed by atoms with E-state index in [0.29, 0.717) is 0 Å². The van der Waals surface area contributed by atoms with E-state index >= 15 is 0 Å². The summed E-state index contributed by atoms with van der Waals surface area (Å²) in [5, 5.41) is 12.9. The maximum absolute atomic E-state index is 9.59. The van der Waals surface area contributed by atoms with E-state index in [4.69, 9.17) is 0 Å². The summed E-state index contributed by atoms with van der Waals surface area (Å²) in [7, 11) is 2.05. The van der Waals surface area contributed by atoms with Gasteiger partial charge in [0.2, 0.25) is 0 Å². The molecule has 1 aliphatic heterocycles. The first-order valence-electron chi connectivity index (χ1n) is 6.38. The Balaban J connectivity index is 1.92. The quantitative estimate of drug-likeness (QED) is 0.727. The van der Waals surface area contributed by atoms with Crippen molar-refractivity contribution in [3.8, 4) is 0 Å². The van der Waals surface area contributed by atoms with Crippen LogP contribution in [0.4, 0.5) is 0 Å². The van der Waals surface area contributed by atoms with Crippen molar-refractivity contribution in [1.29, 1.82) is 0 Å². The lowest BCUT2D eigenvalue weighted by Gasteiger charge is -2.38. The van der Waals surface area contributed by atoms with E-state index < -0.39 is 0 Å². The van der Waals surface area contributed by atoms with Crippen LogP contribution < -0.4 is 5.32 Å². The molecule has 3 atom stereocenters. The fourth-order valence-corrected chi connectivity index (χ4v) is 3.24. The first kappa shape index (κ1) is 11.4. The normalized spacial score (nSPS) is 38.4. The van der Waals surface area contributed by atoms with Crippen LogP contribution in [-0.4, -0.2) is 48.8 Å². The highest BCUT2D eigenvalue weighted by molar-refractivity contribution is 4.88. The molecule has 0 amide bonds. The SMILES string of the molecule is CNCC1CCCCC1N1CCC(O)C1. The van der Waals surface area contributed by atoms with Gasteiger partial charge >= 0.3 is 0 Å². The van der Waals surface area contributed by atoms with Gasteiger partial charge in [0.15, 0.2) is 0 Å². The summed E-state index contributed by atoms with van der Waals surface area (Å²) >= 11 is 0. The third-order valence-electron chi connectivity index (χ3n) is 4.00. The second-order valence-corrected chi connectivity index (χ2v) is 5.11. The summed E-state index contributed by atoms with van der Waals surface area (Å²) in [6, 6.07) is 0.725. The van der Waals surface area contributed by atoms with Crippen molar-refractivity contribution in [1.82, 2.24) is 10.2 Å². The Labute approximate surface area is 92.8 Å². The fourth-order valence-electron chi connectivity index (χ4n) is 3.24. The number of β-amino-alcohol motifs (C(OH)–C–C–N with tert-alkyl or cyclic N) is 1. The van der Waals surface area contributed by atoms with Crippen molar-refractivity contribution in [3.63, 3.8) is 0 Å². The van der Waals surface area contributed by atoms with Gasteiger partial charge in [-0.2, -0.15) is 0 Å². The maximum atomic E-state index is 9.59. The highest BCUT2D eigenvalue weighted by atomic mass is 16.3. The molecule has 1 saturated carbocycles. The van der Waals surface area contributed by atoms with Crippen LogP contribution in [0.1, 0.15) is 32.1 Å². The highest BCUT2D eigenvalue weighted by Crippen LogP contribution is 2.30. The second kappa shape index (κ2) is 5.28. The van der Waals surface area contributed by atoms with Gasteiger partial charge in [0, 0.05) is 19.1 Å². The number of nitrogens with one attached hydrogen (secondary N) is 1. The van der Waals surface area contributed by atoms with Crippen molar-refractivity contribution in [2.24, 2.45) is 5.92 Å². The number of likely N-dealkylation sites (tertiary alicyclic amines) is 1. The van der Waals surface area contributed by atoms with Gasteiger partial charge < -0.3 is 10.4 Å². The number of hydrogen-bond acceptors (Lipinski definition) is 3. The molecule has 1 heterocycles. The smallest absolute Gasteiger partial charge is 0.0679 e. The van der Waals surface area contributed by atoms with Crippen LogP contribution in [0.15, 0.2) is 0 Å². The molecule has 3 unspecified atom stereocenters. The number of nitrogens with zero attached hydrogens (tertiary/aromatic N) is 1. The average Bonchev–Trinajstić information content (AvgIpc) is 2.66. The Morgan fingerprint density at radius 2 is 2.07 bits per heavy atom. The van der Waals surface area contributed by atoms with Crippen LogP contribution in [0.3, 0.4) is 0 Å². The number of hydrogen-bond donors (Lipinski definition) is 2. The Morgan fingerprint density at radius 1 is 1.27 bits per heavy atom. The predicted octanol–water partition coefficient (Wildman–Crippen LogP) is 0.831. The Hall–Kier alpha value is -0.120. The zero-order valence-electron chi connectivity index (χ0n) is 9.78. The van der Waals surface area contributed by atoms with Crippen LogP contribution in [0.25, 0.3) is 0 Å². The minimum Gasteiger partial charge on any atom is -0.392 e. The Kier molecular flexibility index (Phi) is 4.00. The first-order chi connectivity index (χ1) is 7.31. The van der Waals surface area contributed by atoms with Gasteiger partial charge in [-0.15, -0.1) is 0 Å². The molecule has 2 aliphatic rings. The highest BCUT2D eigenvalue weighted by Gasteiger charge is 2.33. The molecule has 3 nitrogen and oxygen atoms in total. The van der Waals surface area contributed by atoms with E-state index in [1.807, 2.05) is 7.05 Å². The molecule has 88 valence electrons. The van der Waals surface area contributed by atoms with Crippen molar-refractivity contribution in [2.75, 3.05) is 26.7 Å². The van der Waals surface area contributed by atoms with E-state index in [-0.39, 0.29) is 6.10 Å². The summed E-state index contributed by atoms with van der Waals surface area (Å²) < 4.78 is 0. The average molecular weight is 212 g/mol. The molecule has 2 N–H and O–H groups in total. The minimum atomic E-state index is -0.0674. The van der Waals surface area contributed by atoms with Gasteiger partial charge in [0.25, 0.3) is 0 Å². The maximum Gasteiger partial charge on any atom is 0.0679 e. The monoisotopic (exact) mass is 212 g/mol. The van der Waals surface area contributed by atoms with Crippen molar-refractivity contribution >= 4 is 0 Å². The topological polar surface area (TPSA) is 35.5 Å². The van der Waals surface area contributed by atoms with E-state index in [1.54, 1.807) is 0 Å². The second-order valence-electron chi connectivity index (χ2n) is 5.11. The molecule has 0 aromatic heterocycles. The van der Waals surface area contributed by atoms with E-state index in [9.17, 15) is 5.11 Å². The molecule has 3 heteroatoms. The van der Waals surface area contributed by atoms with Crippen molar-refractivity contribution in [2.45, 2.75) is 44.2 Å². The molecule has 0 aromatic rings. The van der Waals surface area contributed by atoms with E-state index in [1.165, 1.54) is 25.7 Å². The van der Waals surface area contributed by atoms with Crippen LogP contribution in [0.5, 0.6) is 0 Å². The number of aliphatic hydroxyl groups excluding tert-OH is 1. The Morgan fingerprint density at radius 3 is 2.73 bits per heavy atom. The van der Waals surface area contributed by atoms with Gasteiger partial charge in [-0.25, -0.2) is 0 Å². The largest absolute Gasteiger partial charge is 0.392 e. The van der Waals surface area contributed by atoms with Gasteiger partial charge in [-0.3, -0.25) is 4.90 Å². The summed E-state index contributed by atoms with van der Waals surface area (Å²) in [6.07, 6.45) is 6.36. The zero-order chi connectivity index (χ0) is 10.7. The number of aliphatic hydroxyl groups is 1. The molecule has 0 radical (unpaired) electrons. The van der Waals surface area contributed by atoms with Crippen molar-refractivity contribution in [3.05, 3.63) is 0 Å².